The van der Waals surface area contributed by atoms with Gasteiger partial charge in [0.15, 0.2) is 26.8 Å². The Morgan fingerprint density at radius 3 is 1.94 bits per heavy atom. The number of rotatable bonds is 9. The van der Waals surface area contributed by atoms with Crippen LogP contribution in [-0.4, -0.2) is 30.8 Å². The van der Waals surface area contributed by atoms with Gasteiger partial charge in [0.05, 0.1) is 12.0 Å². The van der Waals surface area contributed by atoms with E-state index in [0.29, 0.717) is 58.3 Å². The maximum atomic E-state index is 13.0. The molecule has 0 bridgehead atoms. The molecule has 2 aromatic carbocycles. The van der Waals surface area contributed by atoms with Crippen molar-refractivity contribution < 1.29 is 32.2 Å². The van der Waals surface area contributed by atoms with Gasteiger partial charge >= 0.3 is 7.60 Å². The van der Waals surface area contributed by atoms with Crippen molar-refractivity contribution in [3.05, 3.63) is 46.0 Å². The summed E-state index contributed by atoms with van der Waals surface area (Å²) < 4.78 is 49.4. The van der Waals surface area contributed by atoms with Crippen molar-refractivity contribution >= 4 is 17.4 Å². The van der Waals surface area contributed by atoms with Crippen LogP contribution in [0.15, 0.2) is 23.1 Å². The first kappa shape index (κ1) is 26.4. The minimum atomic E-state index is -4.77. The van der Waals surface area contributed by atoms with Gasteiger partial charge in [-0.2, -0.15) is 0 Å². The van der Waals surface area contributed by atoms with Crippen LogP contribution in [0.25, 0.3) is 0 Å². The minimum absolute atomic E-state index is 0.00953. The number of ether oxygens (including phenoxy) is 2. The molecule has 0 saturated carbocycles. The summed E-state index contributed by atoms with van der Waals surface area (Å²) in [5, 5.41) is 0. The van der Waals surface area contributed by atoms with Crippen molar-refractivity contribution in [1.29, 1.82) is 0 Å². The second kappa shape index (κ2) is 9.96. The molecule has 0 aliphatic carbocycles. The van der Waals surface area contributed by atoms with Gasteiger partial charge in [-0.1, -0.05) is 33.8 Å². The molecular formula is C23H33O7PS. The zero-order valence-electron chi connectivity index (χ0n) is 19.7. The number of hydrogen-bond donors (Lipinski definition) is 2. The average molecular weight is 485 g/mol. The molecule has 0 atom stereocenters. The van der Waals surface area contributed by atoms with Gasteiger partial charge in [0, 0.05) is 0 Å². The van der Waals surface area contributed by atoms with E-state index in [1.165, 1.54) is 0 Å². The maximum Gasteiger partial charge on any atom is 0.340 e. The Morgan fingerprint density at radius 1 is 1.00 bits per heavy atom. The first-order chi connectivity index (χ1) is 14.8. The van der Waals surface area contributed by atoms with E-state index in [9.17, 15) is 22.8 Å². The van der Waals surface area contributed by atoms with E-state index < -0.39 is 22.9 Å². The molecule has 0 radical (unpaired) electrons. The van der Waals surface area contributed by atoms with E-state index in [0.717, 1.165) is 5.56 Å². The van der Waals surface area contributed by atoms with Crippen LogP contribution in [0.4, 0.5) is 0 Å². The van der Waals surface area contributed by atoms with Crippen LogP contribution in [0, 0.1) is 13.8 Å². The smallest absolute Gasteiger partial charge is 0.340 e. The van der Waals surface area contributed by atoms with Crippen molar-refractivity contribution in [2.45, 2.75) is 65.2 Å². The molecule has 9 heteroatoms. The topological polar surface area (TPSA) is 110 Å². The summed E-state index contributed by atoms with van der Waals surface area (Å²) in [7, 11) is -7.41. The lowest BCUT2D eigenvalue weighted by Crippen LogP contribution is -2.16. The zero-order valence-corrected chi connectivity index (χ0v) is 21.4. The fourth-order valence-corrected chi connectivity index (χ4v) is 7.61. The van der Waals surface area contributed by atoms with E-state index in [4.69, 9.17) is 9.47 Å². The summed E-state index contributed by atoms with van der Waals surface area (Å²) in [6, 6.07) is 5.72. The first-order valence-corrected chi connectivity index (χ1v) is 14.0. The third kappa shape index (κ3) is 5.54. The van der Waals surface area contributed by atoms with Crippen molar-refractivity contribution in [2.24, 2.45) is 0 Å². The summed E-state index contributed by atoms with van der Waals surface area (Å²) in [5.41, 5.74) is 2.15. The molecule has 0 saturated heterocycles. The van der Waals surface area contributed by atoms with Crippen LogP contribution in [0.1, 0.15) is 61.4 Å². The van der Waals surface area contributed by atoms with Gasteiger partial charge in [-0.25, -0.2) is 8.42 Å². The molecule has 0 amide bonds. The molecule has 0 aliphatic heterocycles. The van der Waals surface area contributed by atoms with Gasteiger partial charge < -0.3 is 19.3 Å². The molecule has 0 spiro atoms. The second-order valence-corrected chi connectivity index (χ2v) is 12.1. The van der Waals surface area contributed by atoms with Crippen LogP contribution in [0.2, 0.25) is 0 Å². The number of benzene rings is 2. The fourth-order valence-electron chi connectivity index (χ4n) is 3.98. The quantitative estimate of drug-likeness (QED) is 0.467. The van der Waals surface area contributed by atoms with Gasteiger partial charge in [-0.05, 0) is 72.6 Å². The van der Waals surface area contributed by atoms with Gasteiger partial charge in [-0.15, -0.1) is 0 Å². The minimum Gasteiger partial charge on any atom is -0.493 e. The normalized spacial score (nSPS) is 12.3. The van der Waals surface area contributed by atoms with E-state index in [-0.39, 0.29) is 4.90 Å². The largest absolute Gasteiger partial charge is 0.493 e. The van der Waals surface area contributed by atoms with Gasteiger partial charge in [0.2, 0.25) is 0 Å². The maximum absolute atomic E-state index is 13.0. The van der Waals surface area contributed by atoms with Crippen LogP contribution >= 0.6 is 7.60 Å². The van der Waals surface area contributed by atoms with Gasteiger partial charge in [-0.3, -0.25) is 4.57 Å². The fraction of sp³-hybridized carbons (Fsp3) is 0.478. The lowest BCUT2D eigenvalue weighted by Gasteiger charge is -2.24. The van der Waals surface area contributed by atoms with Gasteiger partial charge in [0.1, 0.15) is 5.75 Å². The molecule has 2 rings (SSSR count). The predicted molar refractivity (Wildman–Crippen MR) is 126 cm³/mol. The Balaban J connectivity index is 2.74. The highest BCUT2D eigenvalue weighted by molar-refractivity contribution is 7.97. The van der Waals surface area contributed by atoms with Crippen molar-refractivity contribution in [1.82, 2.24) is 0 Å². The third-order valence-electron chi connectivity index (χ3n) is 5.56. The summed E-state index contributed by atoms with van der Waals surface area (Å²) in [6.45, 7) is 11.3. The molecule has 0 fully saturated rings. The summed E-state index contributed by atoms with van der Waals surface area (Å²) in [6.07, 6.45) is 0.739. The lowest BCUT2D eigenvalue weighted by molar-refractivity contribution is 0.376. The second-order valence-electron chi connectivity index (χ2n) is 8.15. The molecule has 2 N–H and O–H groups in total. The van der Waals surface area contributed by atoms with Crippen LogP contribution in [0.3, 0.4) is 0 Å². The van der Waals surface area contributed by atoms with Crippen LogP contribution in [0.5, 0.6) is 17.2 Å². The summed E-state index contributed by atoms with van der Waals surface area (Å²) in [4.78, 5) is 18.7. The van der Waals surface area contributed by atoms with Crippen LogP contribution in [-0.2, 0) is 27.2 Å². The third-order valence-corrected chi connectivity index (χ3v) is 9.38. The molecule has 0 aliphatic rings. The van der Waals surface area contributed by atoms with E-state index in [1.54, 1.807) is 21.0 Å². The van der Waals surface area contributed by atoms with E-state index in [2.05, 4.69) is 13.8 Å². The Morgan fingerprint density at radius 2 is 1.53 bits per heavy atom. The first-order valence-electron chi connectivity index (χ1n) is 10.5. The highest BCUT2D eigenvalue weighted by Crippen LogP contribution is 2.45. The molecule has 0 heterocycles. The summed E-state index contributed by atoms with van der Waals surface area (Å²) >= 11 is 0. The monoisotopic (exact) mass is 484 g/mol. The SMILES string of the molecule is CCc1c(C)c(Oc2ccc(C(C)C)cc2OC)c(C)c(CC)c1S(=O)(=O)CP(=O)(O)O. The van der Waals surface area contributed by atoms with Crippen LogP contribution < -0.4 is 9.47 Å². The Hall–Kier alpha value is -1.86. The number of hydrogen-bond acceptors (Lipinski definition) is 5. The molecule has 0 unspecified atom stereocenters. The highest BCUT2D eigenvalue weighted by atomic mass is 32.2. The van der Waals surface area contributed by atoms with E-state index in [1.807, 2.05) is 32.0 Å². The standard InChI is InChI=1S/C23H33O7PS/c1-8-18-15(5)22(30-20-11-10-17(14(3)4)12-21(20)29-7)16(6)19(9-2)23(18)32(27,28)13-31(24,25)26/h10-12,14H,8-9,13H2,1-7H3,(H2,24,25,26). The summed E-state index contributed by atoms with van der Waals surface area (Å²) in [5.74, 6) is 1.94. The predicted octanol–water partition coefficient (Wildman–Crippen LogP) is 5.26. The molecule has 0 aromatic heterocycles. The van der Waals surface area contributed by atoms with E-state index >= 15 is 0 Å². The Labute approximate surface area is 190 Å². The van der Waals surface area contributed by atoms with Crippen molar-refractivity contribution in [3.63, 3.8) is 0 Å². The lowest BCUT2D eigenvalue weighted by atomic mass is 9.95. The molecule has 178 valence electrons. The van der Waals surface area contributed by atoms with Gasteiger partial charge in [0.25, 0.3) is 0 Å². The molecule has 7 nitrogen and oxygen atoms in total. The number of sulfone groups is 1. The average Bonchev–Trinajstić information content (AvgIpc) is 2.68. The van der Waals surface area contributed by atoms with Crippen molar-refractivity contribution in [3.8, 4) is 17.2 Å². The molecule has 32 heavy (non-hydrogen) atoms. The zero-order chi connectivity index (χ0) is 24.4. The Kier molecular flexibility index (Phi) is 8.21. The highest BCUT2D eigenvalue weighted by Gasteiger charge is 2.33. The Bertz CT molecular complexity index is 1120. The molecular weight excluding hydrogens is 451 g/mol. The molecule has 2 aromatic rings. The number of methoxy groups -OCH3 is 1. The van der Waals surface area contributed by atoms with Crippen molar-refractivity contribution in [2.75, 3.05) is 12.6 Å².